The van der Waals surface area contributed by atoms with E-state index in [0.29, 0.717) is 61.2 Å². The van der Waals surface area contributed by atoms with Crippen molar-refractivity contribution < 1.29 is 22.3 Å². The van der Waals surface area contributed by atoms with E-state index in [1.165, 1.54) is 46.0 Å². The van der Waals surface area contributed by atoms with Crippen molar-refractivity contribution in [1.82, 2.24) is 24.2 Å². The first-order valence-electron chi connectivity index (χ1n) is 11.0. The first kappa shape index (κ1) is 23.5. The largest absolute Gasteiger partial charge is 0.379 e. The Bertz CT molecular complexity index is 1460. The Morgan fingerprint density at radius 2 is 1.86 bits per heavy atom. The number of nitrogens with zero attached hydrogens (tertiary/aromatic N) is 4. The number of rotatable bonds is 7. The molecule has 1 saturated heterocycles. The third kappa shape index (κ3) is 4.82. The molecule has 182 valence electrons. The molecule has 35 heavy (non-hydrogen) atoms. The molecule has 1 N–H and O–H groups in total. The molecule has 3 heterocycles. The van der Waals surface area contributed by atoms with Gasteiger partial charge in [-0.2, -0.15) is 9.29 Å². The zero-order valence-corrected chi connectivity index (χ0v) is 20.2. The van der Waals surface area contributed by atoms with Gasteiger partial charge in [0, 0.05) is 37.0 Å². The molecule has 1 aliphatic rings. The molecule has 1 aliphatic heterocycles. The van der Waals surface area contributed by atoms with Crippen LogP contribution in [0.2, 0.25) is 0 Å². The molecule has 5 rings (SSSR count). The van der Waals surface area contributed by atoms with Crippen molar-refractivity contribution >= 4 is 32.2 Å². The van der Waals surface area contributed by atoms with Gasteiger partial charge >= 0.3 is 0 Å². The summed E-state index contributed by atoms with van der Waals surface area (Å²) in [6, 6.07) is 12.2. The van der Waals surface area contributed by atoms with Crippen LogP contribution in [0.25, 0.3) is 16.3 Å². The summed E-state index contributed by atoms with van der Waals surface area (Å²) >= 11 is 1.39. The maximum absolute atomic E-state index is 14.1. The van der Waals surface area contributed by atoms with E-state index >= 15 is 0 Å². The molecule has 0 spiro atoms. The standard InChI is InChI=1S/C23H22FN5O4S2/c24-20-4-2-1-3-19(20)21-26-23-29(27-21)17(15-34-23)9-10-25-22(30)16-5-7-18(8-6-16)35(31,32)28-11-13-33-14-12-28/h1-8,15H,9-14H2,(H,25,30). The van der Waals surface area contributed by atoms with Gasteiger partial charge < -0.3 is 10.1 Å². The topological polar surface area (TPSA) is 106 Å². The number of sulfonamides is 1. The van der Waals surface area contributed by atoms with Crippen LogP contribution in [0.3, 0.4) is 0 Å². The van der Waals surface area contributed by atoms with Gasteiger partial charge in [0.25, 0.3) is 5.91 Å². The van der Waals surface area contributed by atoms with E-state index in [4.69, 9.17) is 4.74 Å². The summed E-state index contributed by atoms with van der Waals surface area (Å²) in [5.41, 5.74) is 1.54. The van der Waals surface area contributed by atoms with Crippen LogP contribution in [0.15, 0.2) is 58.8 Å². The summed E-state index contributed by atoms with van der Waals surface area (Å²) < 4.78 is 47.8. The fourth-order valence-electron chi connectivity index (χ4n) is 3.77. The highest BCUT2D eigenvalue weighted by atomic mass is 32.2. The van der Waals surface area contributed by atoms with Crippen molar-refractivity contribution in [2.45, 2.75) is 11.3 Å². The van der Waals surface area contributed by atoms with Gasteiger partial charge in [-0.05, 0) is 36.4 Å². The number of thiazole rings is 1. The van der Waals surface area contributed by atoms with E-state index < -0.39 is 10.0 Å². The van der Waals surface area contributed by atoms with Crippen molar-refractivity contribution in [3.05, 3.63) is 71.0 Å². The van der Waals surface area contributed by atoms with E-state index in [2.05, 4.69) is 15.4 Å². The fourth-order valence-corrected chi connectivity index (χ4v) is 6.04. The molecule has 0 unspecified atom stereocenters. The third-order valence-corrected chi connectivity index (χ3v) is 8.43. The van der Waals surface area contributed by atoms with Gasteiger partial charge in [-0.15, -0.1) is 16.4 Å². The second-order valence-corrected chi connectivity index (χ2v) is 10.7. The van der Waals surface area contributed by atoms with Crippen LogP contribution >= 0.6 is 11.3 Å². The van der Waals surface area contributed by atoms with Gasteiger partial charge in [0.05, 0.1) is 29.4 Å². The van der Waals surface area contributed by atoms with E-state index in [9.17, 15) is 17.6 Å². The lowest BCUT2D eigenvalue weighted by molar-refractivity contribution is 0.0730. The molecule has 0 bridgehead atoms. The minimum absolute atomic E-state index is 0.147. The number of halogens is 1. The van der Waals surface area contributed by atoms with E-state index in [-0.39, 0.29) is 16.6 Å². The fraction of sp³-hybridized carbons (Fsp3) is 0.261. The SMILES string of the molecule is O=C(NCCc1csc2nc(-c3ccccc3F)nn12)c1ccc(S(=O)(=O)N2CCOCC2)cc1. The molecule has 2 aromatic carbocycles. The Morgan fingerprint density at radius 1 is 1.11 bits per heavy atom. The Hall–Kier alpha value is -3.19. The smallest absolute Gasteiger partial charge is 0.251 e. The van der Waals surface area contributed by atoms with Gasteiger partial charge in [-0.25, -0.2) is 17.3 Å². The lowest BCUT2D eigenvalue weighted by Crippen LogP contribution is -2.40. The molecular weight excluding hydrogens is 493 g/mol. The highest BCUT2D eigenvalue weighted by molar-refractivity contribution is 7.89. The predicted octanol–water partition coefficient (Wildman–Crippen LogP) is 2.59. The number of ether oxygens (including phenoxy) is 1. The molecule has 0 radical (unpaired) electrons. The number of benzene rings is 2. The Morgan fingerprint density at radius 3 is 2.60 bits per heavy atom. The molecule has 9 nitrogen and oxygen atoms in total. The molecule has 0 saturated carbocycles. The Balaban J connectivity index is 1.21. The van der Waals surface area contributed by atoms with Gasteiger partial charge in [-0.1, -0.05) is 12.1 Å². The van der Waals surface area contributed by atoms with Crippen LogP contribution in [0.1, 0.15) is 16.1 Å². The average molecular weight is 516 g/mol. The van der Waals surface area contributed by atoms with Crippen LogP contribution < -0.4 is 5.32 Å². The minimum Gasteiger partial charge on any atom is -0.379 e. The van der Waals surface area contributed by atoms with E-state index in [1.54, 1.807) is 22.7 Å². The zero-order chi connectivity index (χ0) is 24.4. The van der Waals surface area contributed by atoms with Gasteiger partial charge in [0.1, 0.15) is 5.82 Å². The summed E-state index contributed by atoms with van der Waals surface area (Å²) in [6.45, 7) is 1.71. The number of amides is 1. The van der Waals surface area contributed by atoms with Crippen LogP contribution in [-0.4, -0.2) is 66.1 Å². The third-order valence-electron chi connectivity index (χ3n) is 5.66. The zero-order valence-electron chi connectivity index (χ0n) is 18.6. The molecular formula is C23H22FN5O4S2. The Kier molecular flexibility index (Phi) is 6.60. The second-order valence-electron chi connectivity index (χ2n) is 7.88. The number of fused-ring (bicyclic) bond motifs is 1. The highest BCUT2D eigenvalue weighted by Crippen LogP contribution is 2.23. The molecule has 1 amide bonds. The molecule has 0 atom stereocenters. The van der Waals surface area contributed by atoms with Crippen molar-refractivity contribution in [1.29, 1.82) is 0 Å². The van der Waals surface area contributed by atoms with E-state index in [1.807, 2.05) is 5.38 Å². The number of nitrogens with one attached hydrogen (secondary N) is 1. The predicted molar refractivity (Wildman–Crippen MR) is 128 cm³/mol. The van der Waals surface area contributed by atoms with Crippen molar-refractivity contribution in [2.75, 3.05) is 32.8 Å². The van der Waals surface area contributed by atoms with Crippen LogP contribution in [0.4, 0.5) is 4.39 Å². The van der Waals surface area contributed by atoms with Gasteiger partial charge in [-0.3, -0.25) is 4.79 Å². The molecule has 4 aromatic rings. The molecule has 2 aromatic heterocycles. The normalized spacial score (nSPS) is 14.9. The first-order valence-corrected chi connectivity index (χ1v) is 13.3. The minimum atomic E-state index is -3.61. The van der Waals surface area contributed by atoms with Gasteiger partial charge in [0.2, 0.25) is 15.0 Å². The molecule has 0 aliphatic carbocycles. The Labute approximate surface area is 205 Å². The lowest BCUT2D eigenvalue weighted by atomic mass is 10.2. The average Bonchev–Trinajstić information content (AvgIpc) is 3.46. The van der Waals surface area contributed by atoms with Crippen LogP contribution in [0, 0.1) is 5.82 Å². The summed E-state index contributed by atoms with van der Waals surface area (Å²) in [5, 5.41) is 9.17. The lowest BCUT2D eigenvalue weighted by Gasteiger charge is -2.26. The number of hydrogen-bond donors (Lipinski definition) is 1. The maximum Gasteiger partial charge on any atom is 0.251 e. The number of carbonyl (C=O) groups is 1. The van der Waals surface area contributed by atoms with Crippen molar-refractivity contribution in [3.63, 3.8) is 0 Å². The molecule has 12 heteroatoms. The summed E-state index contributed by atoms with van der Waals surface area (Å²) in [6.07, 6.45) is 0.495. The quantitative estimate of drug-likeness (QED) is 0.406. The highest BCUT2D eigenvalue weighted by Gasteiger charge is 2.26. The van der Waals surface area contributed by atoms with Crippen molar-refractivity contribution in [2.24, 2.45) is 0 Å². The van der Waals surface area contributed by atoms with Crippen LogP contribution in [-0.2, 0) is 21.2 Å². The van der Waals surface area contributed by atoms with Crippen molar-refractivity contribution in [3.8, 4) is 11.4 Å². The summed E-state index contributed by atoms with van der Waals surface area (Å²) in [5.74, 6) is -0.381. The number of aromatic nitrogens is 3. The number of morpholine rings is 1. The van der Waals surface area contributed by atoms with Crippen LogP contribution in [0.5, 0.6) is 0 Å². The second kappa shape index (κ2) is 9.82. The van der Waals surface area contributed by atoms with E-state index in [0.717, 1.165) is 5.69 Å². The molecule has 1 fully saturated rings. The number of carbonyl (C=O) groups excluding carboxylic acids is 1. The number of hydrogen-bond acceptors (Lipinski definition) is 7. The first-order chi connectivity index (χ1) is 16.9. The van der Waals surface area contributed by atoms with Gasteiger partial charge in [0.15, 0.2) is 5.82 Å². The maximum atomic E-state index is 14.1. The monoisotopic (exact) mass is 515 g/mol. The summed E-state index contributed by atoms with van der Waals surface area (Å²) in [4.78, 5) is 17.8. The summed E-state index contributed by atoms with van der Waals surface area (Å²) in [7, 11) is -3.61.